The van der Waals surface area contributed by atoms with Crippen LogP contribution in [0.3, 0.4) is 0 Å². The van der Waals surface area contributed by atoms with E-state index in [1.54, 1.807) is 24.4 Å². The van der Waals surface area contributed by atoms with Gasteiger partial charge in [-0.2, -0.15) is 0 Å². The van der Waals surface area contributed by atoms with Gasteiger partial charge >= 0.3 is 5.97 Å². The average Bonchev–Trinajstić information content (AvgIpc) is 3.24. The van der Waals surface area contributed by atoms with E-state index >= 15 is 0 Å². The Morgan fingerprint density at radius 1 is 1.33 bits per heavy atom. The molecule has 1 unspecified atom stereocenters. The fourth-order valence-corrected chi connectivity index (χ4v) is 3.22. The lowest BCUT2D eigenvalue weighted by atomic mass is 9.90. The van der Waals surface area contributed by atoms with Crippen LogP contribution in [0.15, 0.2) is 22.0 Å². The fourth-order valence-electron chi connectivity index (χ4n) is 2.50. The average molecular weight is 395 g/mol. The minimum atomic E-state index is -2.45. The lowest BCUT2D eigenvalue weighted by Gasteiger charge is -2.32. The lowest BCUT2D eigenvalue weighted by Crippen LogP contribution is -2.66. The minimum absolute atomic E-state index is 0.0289. The van der Waals surface area contributed by atoms with Crippen LogP contribution in [0.1, 0.15) is 26.3 Å². The molecule has 2 aromatic heterocycles. The number of carbonyl (C=O) groups is 3. The zero-order valence-corrected chi connectivity index (χ0v) is 15.9. The van der Waals surface area contributed by atoms with Crippen molar-refractivity contribution in [2.45, 2.75) is 32.7 Å². The molecule has 0 radical (unpaired) electrons. The first-order valence-corrected chi connectivity index (χ1v) is 9.06. The molecule has 1 N–H and O–H groups in total. The molecule has 2 heterocycles. The van der Waals surface area contributed by atoms with Crippen LogP contribution in [0, 0.1) is 0 Å². The number of amides is 1. The molecular formula is C17H19N2O7S-. The van der Waals surface area contributed by atoms with Crippen molar-refractivity contribution in [1.82, 2.24) is 10.5 Å². The van der Waals surface area contributed by atoms with E-state index in [9.17, 15) is 19.5 Å². The van der Waals surface area contributed by atoms with Crippen LogP contribution in [0.4, 0.5) is 0 Å². The minimum Gasteiger partial charge on any atom is -0.547 e. The van der Waals surface area contributed by atoms with Gasteiger partial charge in [-0.1, -0.05) is 6.07 Å². The zero-order chi connectivity index (χ0) is 20.0. The van der Waals surface area contributed by atoms with Gasteiger partial charge in [0.2, 0.25) is 5.91 Å². The molecule has 0 aromatic carbocycles. The molecule has 0 saturated carbocycles. The number of ether oxygens (including phenoxy) is 2. The van der Waals surface area contributed by atoms with Crippen LogP contribution >= 0.6 is 11.3 Å². The third-order valence-corrected chi connectivity index (χ3v) is 4.45. The van der Waals surface area contributed by atoms with Crippen LogP contribution in [0.25, 0.3) is 10.6 Å². The van der Waals surface area contributed by atoms with E-state index in [1.165, 1.54) is 18.3 Å². The Balaban J connectivity index is 2.59. The molecule has 2 aromatic rings. The second-order valence-electron chi connectivity index (χ2n) is 5.48. The highest BCUT2D eigenvalue weighted by Crippen LogP contribution is 2.36. The fraction of sp³-hybridized carbons (Fsp3) is 0.412. The van der Waals surface area contributed by atoms with Crippen molar-refractivity contribution in [3.63, 3.8) is 0 Å². The highest BCUT2D eigenvalue weighted by Gasteiger charge is 2.45. The normalized spacial score (nSPS) is 12.9. The van der Waals surface area contributed by atoms with E-state index in [2.05, 4.69) is 10.5 Å². The second-order valence-corrected chi connectivity index (χ2v) is 6.42. The smallest absolute Gasteiger partial charge is 0.338 e. The standard InChI is InChI=1S/C17H20N2O7S/c1-4-24-14-11(13(26-19-14)12-7-6-8-27-12)9-17(15(21)22,18-10(3)20)16(23)25-5-2/h6-8H,4-5,9H2,1-3H3,(H,18,20)(H,21,22)/p-1. The summed E-state index contributed by atoms with van der Waals surface area (Å²) in [7, 11) is 0. The molecule has 0 fully saturated rings. The van der Waals surface area contributed by atoms with Crippen LogP contribution in [0.2, 0.25) is 0 Å². The van der Waals surface area contributed by atoms with Crippen molar-refractivity contribution in [1.29, 1.82) is 0 Å². The van der Waals surface area contributed by atoms with Crippen LogP contribution in [-0.4, -0.2) is 41.8 Å². The van der Waals surface area contributed by atoms with Gasteiger partial charge in [0.05, 0.1) is 29.6 Å². The summed E-state index contributed by atoms with van der Waals surface area (Å²) in [6, 6.07) is 3.52. The topological polar surface area (TPSA) is 131 Å². The molecule has 2 rings (SSSR count). The van der Waals surface area contributed by atoms with Gasteiger partial charge in [0, 0.05) is 13.3 Å². The van der Waals surface area contributed by atoms with E-state index < -0.39 is 29.8 Å². The van der Waals surface area contributed by atoms with E-state index in [1.807, 2.05) is 0 Å². The first kappa shape index (κ1) is 20.4. The Morgan fingerprint density at radius 2 is 2.07 bits per heavy atom. The molecule has 0 aliphatic rings. The number of aliphatic carboxylic acids is 1. The summed E-state index contributed by atoms with van der Waals surface area (Å²) in [5.74, 6) is -3.42. The molecule has 1 amide bonds. The van der Waals surface area contributed by atoms with E-state index in [0.717, 1.165) is 6.92 Å². The molecular weight excluding hydrogens is 376 g/mol. The summed E-state index contributed by atoms with van der Waals surface area (Å²) in [6.45, 7) is 4.49. The number of carboxylic acids is 1. The Morgan fingerprint density at radius 3 is 2.59 bits per heavy atom. The molecule has 0 aliphatic heterocycles. The van der Waals surface area contributed by atoms with Gasteiger partial charge in [0.15, 0.2) is 11.3 Å². The number of aromatic nitrogens is 1. The van der Waals surface area contributed by atoms with Crippen molar-refractivity contribution in [3.05, 3.63) is 23.1 Å². The summed E-state index contributed by atoms with van der Waals surface area (Å²) in [5, 5.41) is 19.7. The lowest BCUT2D eigenvalue weighted by molar-refractivity contribution is -0.313. The molecule has 10 heteroatoms. The molecule has 1 atom stereocenters. The maximum absolute atomic E-state index is 12.5. The van der Waals surface area contributed by atoms with Crippen molar-refractivity contribution >= 4 is 29.2 Å². The Kier molecular flexibility index (Phi) is 6.56. The Labute approximate surface area is 159 Å². The van der Waals surface area contributed by atoms with Crippen molar-refractivity contribution < 1.29 is 33.5 Å². The quantitative estimate of drug-likeness (QED) is 0.481. The van der Waals surface area contributed by atoms with E-state index in [4.69, 9.17) is 14.0 Å². The third-order valence-electron chi connectivity index (χ3n) is 3.58. The van der Waals surface area contributed by atoms with Gasteiger partial charge in [-0.3, -0.25) is 4.79 Å². The SMILES string of the molecule is CCOC(=O)C(Cc1c(OCC)noc1-c1cccs1)(NC(C)=O)C(=O)[O-]. The number of carboxylic acid groups (broad SMARTS) is 1. The Hall–Kier alpha value is -2.88. The number of esters is 1. The third kappa shape index (κ3) is 4.27. The summed E-state index contributed by atoms with van der Waals surface area (Å²) >= 11 is 1.33. The number of thiophene rings is 1. The molecule has 9 nitrogen and oxygen atoms in total. The molecule has 27 heavy (non-hydrogen) atoms. The predicted octanol–water partition coefficient (Wildman–Crippen LogP) is 0.532. The first-order valence-electron chi connectivity index (χ1n) is 8.18. The van der Waals surface area contributed by atoms with E-state index in [0.29, 0.717) is 4.88 Å². The van der Waals surface area contributed by atoms with Crippen LogP contribution in [-0.2, 0) is 25.5 Å². The largest absolute Gasteiger partial charge is 0.547 e. The van der Waals surface area contributed by atoms with Gasteiger partial charge in [0.25, 0.3) is 5.88 Å². The number of rotatable bonds is 9. The van der Waals surface area contributed by atoms with Crippen molar-refractivity contribution in [3.8, 4) is 16.5 Å². The summed E-state index contributed by atoms with van der Waals surface area (Å²) in [6.07, 6.45) is -0.514. The maximum Gasteiger partial charge on any atom is 0.338 e. The number of hydrogen-bond acceptors (Lipinski definition) is 9. The number of nitrogens with one attached hydrogen (secondary N) is 1. The summed E-state index contributed by atoms with van der Waals surface area (Å²) in [4.78, 5) is 36.7. The number of hydrogen-bond donors (Lipinski definition) is 1. The molecule has 146 valence electrons. The molecule has 0 spiro atoms. The number of nitrogens with zero attached hydrogens (tertiary/aromatic N) is 1. The van der Waals surface area contributed by atoms with Gasteiger partial charge in [-0.25, -0.2) is 4.79 Å². The van der Waals surface area contributed by atoms with Gasteiger partial charge in [-0.05, 0) is 30.5 Å². The highest BCUT2D eigenvalue weighted by molar-refractivity contribution is 7.13. The molecule has 0 saturated heterocycles. The van der Waals surface area contributed by atoms with Crippen molar-refractivity contribution in [2.24, 2.45) is 0 Å². The first-order chi connectivity index (χ1) is 12.9. The Bertz CT molecular complexity index is 815. The van der Waals surface area contributed by atoms with E-state index in [-0.39, 0.29) is 30.4 Å². The van der Waals surface area contributed by atoms with Crippen LogP contribution in [0.5, 0.6) is 5.88 Å². The highest BCUT2D eigenvalue weighted by atomic mass is 32.1. The second kappa shape index (κ2) is 8.67. The molecule has 0 bridgehead atoms. The monoisotopic (exact) mass is 395 g/mol. The number of carbonyl (C=O) groups excluding carboxylic acids is 3. The van der Waals surface area contributed by atoms with Crippen LogP contribution < -0.4 is 15.2 Å². The zero-order valence-electron chi connectivity index (χ0n) is 15.1. The maximum atomic E-state index is 12.5. The molecule has 0 aliphatic carbocycles. The summed E-state index contributed by atoms with van der Waals surface area (Å²) < 4.78 is 15.6. The van der Waals surface area contributed by atoms with Gasteiger partial charge in [-0.15, -0.1) is 11.3 Å². The predicted molar refractivity (Wildman–Crippen MR) is 92.9 cm³/mol. The van der Waals surface area contributed by atoms with Crippen molar-refractivity contribution in [2.75, 3.05) is 13.2 Å². The summed E-state index contributed by atoms with van der Waals surface area (Å²) in [5.41, 5.74) is -2.24. The van der Waals surface area contributed by atoms with Gasteiger partial charge in [0.1, 0.15) is 0 Å². The van der Waals surface area contributed by atoms with Gasteiger partial charge < -0.3 is 29.2 Å².